The molecule has 0 saturated heterocycles. The number of unbranched alkanes of at least 4 members (excludes halogenated alkanes) is 7. The van der Waals surface area contributed by atoms with Gasteiger partial charge in [0.25, 0.3) is 0 Å². The summed E-state index contributed by atoms with van der Waals surface area (Å²) in [6, 6.07) is 0. The van der Waals surface area contributed by atoms with Crippen molar-refractivity contribution < 1.29 is 9.47 Å². The van der Waals surface area contributed by atoms with E-state index in [1.165, 1.54) is 51.4 Å². The summed E-state index contributed by atoms with van der Waals surface area (Å²) < 4.78 is 11.0. The average molecular weight is 258 g/mol. The summed E-state index contributed by atoms with van der Waals surface area (Å²) in [7, 11) is 0. The average Bonchev–Trinajstić information content (AvgIpc) is 2.34. The molecule has 0 aliphatic heterocycles. The third-order valence-corrected chi connectivity index (χ3v) is 2.97. The molecule has 110 valence electrons. The van der Waals surface area contributed by atoms with Crippen LogP contribution in [0.1, 0.15) is 72.1 Å². The maximum atomic E-state index is 5.54. The summed E-state index contributed by atoms with van der Waals surface area (Å²) in [5.41, 5.74) is 0. The van der Waals surface area contributed by atoms with Gasteiger partial charge in [0.2, 0.25) is 0 Å². The first-order valence-electron chi connectivity index (χ1n) is 7.92. The van der Waals surface area contributed by atoms with E-state index in [0.717, 1.165) is 26.4 Å². The number of rotatable bonds is 14. The van der Waals surface area contributed by atoms with Crippen LogP contribution in [0.2, 0.25) is 0 Å². The molecule has 0 aromatic rings. The second-order valence-electron chi connectivity index (χ2n) is 5.56. The van der Waals surface area contributed by atoms with Crippen LogP contribution in [-0.4, -0.2) is 26.4 Å². The Hall–Kier alpha value is -0.0800. The molecule has 2 nitrogen and oxygen atoms in total. The standard InChI is InChI=1S/C16H34O2/c1-4-5-6-7-8-9-10-11-12-17-13-14-18-15-16(2)3/h16H,4-15H2,1-3H3. The topological polar surface area (TPSA) is 18.5 Å². The highest BCUT2D eigenvalue weighted by molar-refractivity contribution is 4.46. The van der Waals surface area contributed by atoms with Crippen LogP contribution in [0, 0.1) is 5.92 Å². The van der Waals surface area contributed by atoms with E-state index in [1.807, 2.05) is 0 Å². The van der Waals surface area contributed by atoms with Crippen molar-refractivity contribution in [2.24, 2.45) is 5.92 Å². The van der Waals surface area contributed by atoms with Crippen LogP contribution in [-0.2, 0) is 9.47 Å². The van der Waals surface area contributed by atoms with Crippen molar-refractivity contribution in [1.29, 1.82) is 0 Å². The zero-order chi connectivity index (χ0) is 13.5. The van der Waals surface area contributed by atoms with Crippen molar-refractivity contribution in [2.45, 2.75) is 72.1 Å². The van der Waals surface area contributed by atoms with Crippen LogP contribution < -0.4 is 0 Å². The van der Waals surface area contributed by atoms with Crippen LogP contribution in [0.5, 0.6) is 0 Å². The summed E-state index contributed by atoms with van der Waals surface area (Å²) in [4.78, 5) is 0. The fraction of sp³-hybridized carbons (Fsp3) is 1.00. The van der Waals surface area contributed by atoms with E-state index in [2.05, 4.69) is 20.8 Å². The van der Waals surface area contributed by atoms with Gasteiger partial charge in [0.05, 0.1) is 13.2 Å². The predicted molar refractivity (Wildman–Crippen MR) is 79.1 cm³/mol. The van der Waals surface area contributed by atoms with Gasteiger partial charge in [0, 0.05) is 13.2 Å². The Labute approximate surface area is 114 Å². The van der Waals surface area contributed by atoms with E-state index in [4.69, 9.17) is 9.47 Å². The molecule has 0 radical (unpaired) electrons. The molecule has 2 heteroatoms. The molecule has 0 atom stereocenters. The van der Waals surface area contributed by atoms with E-state index < -0.39 is 0 Å². The van der Waals surface area contributed by atoms with Gasteiger partial charge in [-0.05, 0) is 12.3 Å². The van der Waals surface area contributed by atoms with Gasteiger partial charge < -0.3 is 9.47 Å². The van der Waals surface area contributed by atoms with Crippen molar-refractivity contribution in [1.82, 2.24) is 0 Å². The maximum absolute atomic E-state index is 5.54. The molecule has 0 aromatic carbocycles. The van der Waals surface area contributed by atoms with Gasteiger partial charge >= 0.3 is 0 Å². The lowest BCUT2D eigenvalue weighted by molar-refractivity contribution is 0.0365. The van der Waals surface area contributed by atoms with Gasteiger partial charge in [0.1, 0.15) is 0 Å². The summed E-state index contributed by atoms with van der Waals surface area (Å²) in [5.74, 6) is 0.623. The number of ether oxygens (including phenoxy) is 2. The molecular weight excluding hydrogens is 224 g/mol. The fourth-order valence-electron chi connectivity index (χ4n) is 1.88. The van der Waals surface area contributed by atoms with Gasteiger partial charge in [-0.25, -0.2) is 0 Å². The molecule has 0 heterocycles. The minimum atomic E-state index is 0.623. The minimum absolute atomic E-state index is 0.623. The summed E-state index contributed by atoms with van der Waals surface area (Å²) in [5, 5.41) is 0. The molecule has 0 saturated carbocycles. The smallest absolute Gasteiger partial charge is 0.0700 e. The molecule has 0 spiro atoms. The molecule has 0 amide bonds. The fourth-order valence-corrected chi connectivity index (χ4v) is 1.88. The van der Waals surface area contributed by atoms with E-state index in [-0.39, 0.29) is 0 Å². The summed E-state index contributed by atoms with van der Waals surface area (Å²) in [6.07, 6.45) is 10.9. The first kappa shape index (κ1) is 17.9. The molecule has 0 aromatic heterocycles. The second kappa shape index (κ2) is 15.0. The van der Waals surface area contributed by atoms with Crippen LogP contribution >= 0.6 is 0 Å². The lowest BCUT2D eigenvalue weighted by Gasteiger charge is -2.07. The molecule has 0 N–H and O–H groups in total. The summed E-state index contributed by atoms with van der Waals surface area (Å²) in [6.45, 7) is 9.85. The van der Waals surface area contributed by atoms with Crippen molar-refractivity contribution >= 4 is 0 Å². The van der Waals surface area contributed by atoms with Gasteiger partial charge in [-0.2, -0.15) is 0 Å². The van der Waals surface area contributed by atoms with E-state index >= 15 is 0 Å². The van der Waals surface area contributed by atoms with E-state index in [1.54, 1.807) is 0 Å². The van der Waals surface area contributed by atoms with Crippen LogP contribution in [0.3, 0.4) is 0 Å². The molecule has 18 heavy (non-hydrogen) atoms. The second-order valence-corrected chi connectivity index (χ2v) is 5.56. The number of hydrogen-bond acceptors (Lipinski definition) is 2. The quantitative estimate of drug-likeness (QED) is 0.416. The highest BCUT2D eigenvalue weighted by Gasteiger charge is 1.94. The Morgan fingerprint density at radius 3 is 1.83 bits per heavy atom. The lowest BCUT2D eigenvalue weighted by Crippen LogP contribution is -2.09. The van der Waals surface area contributed by atoms with Crippen molar-refractivity contribution in [3.63, 3.8) is 0 Å². The molecule has 0 aliphatic carbocycles. The molecule has 0 rings (SSSR count). The molecule has 0 aliphatic rings. The van der Waals surface area contributed by atoms with E-state index in [0.29, 0.717) is 5.92 Å². The van der Waals surface area contributed by atoms with Gasteiger partial charge in [-0.15, -0.1) is 0 Å². The van der Waals surface area contributed by atoms with Crippen LogP contribution in [0.25, 0.3) is 0 Å². The van der Waals surface area contributed by atoms with Crippen LogP contribution in [0.4, 0.5) is 0 Å². The Morgan fingerprint density at radius 2 is 1.22 bits per heavy atom. The molecule has 0 fully saturated rings. The number of hydrogen-bond donors (Lipinski definition) is 0. The first-order valence-corrected chi connectivity index (χ1v) is 7.92. The minimum Gasteiger partial charge on any atom is -0.379 e. The molecular formula is C16H34O2. The van der Waals surface area contributed by atoms with Gasteiger partial charge in [0.15, 0.2) is 0 Å². The summed E-state index contributed by atoms with van der Waals surface area (Å²) >= 11 is 0. The zero-order valence-electron chi connectivity index (χ0n) is 12.9. The maximum Gasteiger partial charge on any atom is 0.0700 e. The van der Waals surface area contributed by atoms with Gasteiger partial charge in [-0.3, -0.25) is 0 Å². The van der Waals surface area contributed by atoms with Crippen molar-refractivity contribution in [3.05, 3.63) is 0 Å². The Bertz CT molecular complexity index is 146. The largest absolute Gasteiger partial charge is 0.379 e. The Kier molecular flexibility index (Phi) is 14.9. The van der Waals surface area contributed by atoms with E-state index in [9.17, 15) is 0 Å². The highest BCUT2D eigenvalue weighted by Crippen LogP contribution is 2.08. The van der Waals surface area contributed by atoms with Crippen LogP contribution in [0.15, 0.2) is 0 Å². The third kappa shape index (κ3) is 15.9. The van der Waals surface area contributed by atoms with Gasteiger partial charge in [-0.1, -0.05) is 65.7 Å². The highest BCUT2D eigenvalue weighted by atomic mass is 16.5. The molecule has 0 bridgehead atoms. The normalized spacial score (nSPS) is 11.3. The third-order valence-electron chi connectivity index (χ3n) is 2.97. The monoisotopic (exact) mass is 258 g/mol. The van der Waals surface area contributed by atoms with Crippen molar-refractivity contribution in [3.8, 4) is 0 Å². The SMILES string of the molecule is CCCCCCCCCCOCCOCC(C)C. The molecule has 0 unspecified atom stereocenters. The Balaban J connectivity index is 2.90. The first-order chi connectivity index (χ1) is 8.77. The zero-order valence-corrected chi connectivity index (χ0v) is 12.9. The Morgan fingerprint density at radius 1 is 0.667 bits per heavy atom. The van der Waals surface area contributed by atoms with Crippen molar-refractivity contribution in [2.75, 3.05) is 26.4 Å². The predicted octanol–water partition coefficient (Wildman–Crippen LogP) is 4.82. The lowest BCUT2D eigenvalue weighted by atomic mass is 10.1.